The van der Waals surface area contributed by atoms with E-state index >= 15 is 0 Å². The van der Waals surface area contributed by atoms with E-state index in [0.29, 0.717) is 0 Å². The van der Waals surface area contributed by atoms with Gasteiger partial charge in [-0.1, -0.05) is 0 Å². The number of hydrogen-bond acceptors (Lipinski definition) is 4. The normalized spacial score (nSPS) is 23.5. The first-order chi connectivity index (χ1) is 7.81. The minimum absolute atomic E-state index is 0.124. The summed E-state index contributed by atoms with van der Waals surface area (Å²) < 4.78 is 5.20. The Balaban J connectivity index is 2.33. The number of likely N-dealkylation sites (tertiary alicyclic amines) is 1. The number of rotatable bonds is 3. The standard InChI is InChI=1S/C12H24N2O3/c1-9(8-15)14-6-5-10(7-14)13-11(16)17-12(2,3)4/h9-10,15H,5-8H2,1-4H3,(H,13,16). The molecule has 0 saturated carbocycles. The molecule has 0 bridgehead atoms. The molecule has 2 unspecified atom stereocenters. The van der Waals surface area contributed by atoms with Crippen molar-refractivity contribution in [1.29, 1.82) is 0 Å². The second-order valence-corrected chi connectivity index (χ2v) is 5.66. The number of alkyl carbamates (subject to hydrolysis) is 1. The molecule has 1 heterocycles. The molecule has 0 aromatic carbocycles. The Morgan fingerprint density at radius 2 is 2.24 bits per heavy atom. The van der Waals surface area contributed by atoms with Crippen LogP contribution < -0.4 is 5.32 Å². The number of nitrogens with zero attached hydrogens (tertiary/aromatic N) is 1. The van der Waals surface area contributed by atoms with E-state index in [1.165, 1.54) is 0 Å². The summed E-state index contributed by atoms with van der Waals surface area (Å²) in [5, 5.41) is 11.9. The molecule has 5 nitrogen and oxygen atoms in total. The SMILES string of the molecule is CC(CO)N1CCC(NC(=O)OC(C)(C)C)C1. The molecular weight excluding hydrogens is 220 g/mol. The molecule has 0 aliphatic carbocycles. The quantitative estimate of drug-likeness (QED) is 0.776. The van der Waals surface area contributed by atoms with Gasteiger partial charge in [0, 0.05) is 25.2 Å². The zero-order chi connectivity index (χ0) is 13.1. The van der Waals surface area contributed by atoms with Gasteiger partial charge in [-0.2, -0.15) is 0 Å². The molecule has 2 N–H and O–H groups in total. The fraction of sp³-hybridized carbons (Fsp3) is 0.917. The highest BCUT2D eigenvalue weighted by Crippen LogP contribution is 2.13. The van der Waals surface area contributed by atoms with Gasteiger partial charge in [-0.3, -0.25) is 4.90 Å². The Hall–Kier alpha value is -0.810. The van der Waals surface area contributed by atoms with E-state index in [9.17, 15) is 4.79 Å². The van der Waals surface area contributed by atoms with Crippen LogP contribution in [0.15, 0.2) is 0 Å². The fourth-order valence-corrected chi connectivity index (χ4v) is 1.90. The number of carbonyl (C=O) groups is 1. The van der Waals surface area contributed by atoms with Crippen molar-refractivity contribution >= 4 is 6.09 Å². The van der Waals surface area contributed by atoms with Crippen LogP contribution in [0.2, 0.25) is 0 Å². The molecule has 1 aliphatic rings. The lowest BCUT2D eigenvalue weighted by Gasteiger charge is -2.23. The third-order valence-corrected chi connectivity index (χ3v) is 2.83. The lowest BCUT2D eigenvalue weighted by Crippen LogP contribution is -2.42. The van der Waals surface area contributed by atoms with Crippen molar-refractivity contribution in [1.82, 2.24) is 10.2 Å². The summed E-state index contributed by atoms with van der Waals surface area (Å²) in [4.78, 5) is 13.7. The molecule has 1 amide bonds. The van der Waals surface area contributed by atoms with Gasteiger partial charge in [0.2, 0.25) is 0 Å². The van der Waals surface area contributed by atoms with E-state index in [-0.39, 0.29) is 24.8 Å². The number of aliphatic hydroxyl groups excluding tert-OH is 1. The van der Waals surface area contributed by atoms with Crippen molar-refractivity contribution in [2.45, 2.75) is 51.8 Å². The Labute approximate surface area is 103 Å². The largest absolute Gasteiger partial charge is 0.444 e. The molecule has 17 heavy (non-hydrogen) atoms. The van der Waals surface area contributed by atoms with Crippen molar-refractivity contribution < 1.29 is 14.6 Å². The van der Waals surface area contributed by atoms with Crippen LogP contribution in [0.3, 0.4) is 0 Å². The summed E-state index contributed by atoms with van der Waals surface area (Å²) in [6.45, 7) is 9.36. The van der Waals surface area contributed by atoms with Gasteiger partial charge in [-0.25, -0.2) is 4.79 Å². The summed E-state index contributed by atoms with van der Waals surface area (Å²) >= 11 is 0. The Morgan fingerprint density at radius 3 is 2.76 bits per heavy atom. The van der Waals surface area contributed by atoms with Crippen LogP contribution in [-0.2, 0) is 4.74 Å². The Bertz CT molecular complexity index is 263. The number of hydrogen-bond donors (Lipinski definition) is 2. The molecule has 1 saturated heterocycles. The van der Waals surface area contributed by atoms with Crippen LogP contribution in [0.25, 0.3) is 0 Å². The molecule has 2 atom stereocenters. The van der Waals surface area contributed by atoms with Crippen LogP contribution >= 0.6 is 0 Å². The third-order valence-electron chi connectivity index (χ3n) is 2.83. The molecule has 0 spiro atoms. The van der Waals surface area contributed by atoms with Crippen molar-refractivity contribution in [3.8, 4) is 0 Å². The third kappa shape index (κ3) is 4.91. The van der Waals surface area contributed by atoms with E-state index in [0.717, 1.165) is 19.5 Å². The van der Waals surface area contributed by atoms with E-state index in [1.54, 1.807) is 0 Å². The maximum Gasteiger partial charge on any atom is 0.407 e. The van der Waals surface area contributed by atoms with Crippen LogP contribution in [0.5, 0.6) is 0 Å². The number of nitrogens with one attached hydrogen (secondary N) is 1. The van der Waals surface area contributed by atoms with Gasteiger partial charge in [0.25, 0.3) is 0 Å². The summed E-state index contributed by atoms with van der Waals surface area (Å²) in [6, 6.07) is 0.277. The first kappa shape index (κ1) is 14.3. The predicted molar refractivity (Wildman–Crippen MR) is 65.9 cm³/mol. The fourth-order valence-electron chi connectivity index (χ4n) is 1.90. The first-order valence-electron chi connectivity index (χ1n) is 6.16. The van der Waals surface area contributed by atoms with Crippen molar-refractivity contribution in [2.75, 3.05) is 19.7 Å². The second kappa shape index (κ2) is 5.69. The smallest absolute Gasteiger partial charge is 0.407 e. The molecular formula is C12H24N2O3. The number of ether oxygens (including phenoxy) is 1. The van der Waals surface area contributed by atoms with Gasteiger partial charge < -0.3 is 15.2 Å². The van der Waals surface area contributed by atoms with Crippen LogP contribution in [0.4, 0.5) is 4.79 Å². The van der Waals surface area contributed by atoms with Gasteiger partial charge in [-0.05, 0) is 34.1 Å². The minimum atomic E-state index is -0.458. The Kier molecular flexibility index (Phi) is 4.77. The maximum absolute atomic E-state index is 11.6. The molecule has 0 aromatic heterocycles. The highest BCUT2D eigenvalue weighted by molar-refractivity contribution is 5.68. The van der Waals surface area contributed by atoms with Crippen molar-refractivity contribution in [2.24, 2.45) is 0 Å². The van der Waals surface area contributed by atoms with Gasteiger partial charge >= 0.3 is 6.09 Å². The molecule has 1 rings (SSSR count). The van der Waals surface area contributed by atoms with E-state index < -0.39 is 5.60 Å². The van der Waals surface area contributed by atoms with Crippen LogP contribution in [0.1, 0.15) is 34.1 Å². The van der Waals surface area contributed by atoms with Gasteiger partial charge in [-0.15, -0.1) is 0 Å². The lowest BCUT2D eigenvalue weighted by atomic mass is 10.2. The van der Waals surface area contributed by atoms with Crippen LogP contribution in [-0.4, -0.2) is 53.5 Å². The molecule has 1 aliphatic heterocycles. The highest BCUT2D eigenvalue weighted by Gasteiger charge is 2.28. The Morgan fingerprint density at radius 1 is 1.59 bits per heavy atom. The van der Waals surface area contributed by atoms with Crippen molar-refractivity contribution in [3.05, 3.63) is 0 Å². The number of carbonyl (C=O) groups excluding carboxylic acids is 1. The molecule has 1 fully saturated rings. The summed E-state index contributed by atoms with van der Waals surface area (Å²) in [5.74, 6) is 0. The summed E-state index contributed by atoms with van der Waals surface area (Å²) in [6.07, 6.45) is 0.546. The monoisotopic (exact) mass is 244 g/mol. The van der Waals surface area contributed by atoms with Gasteiger partial charge in [0.05, 0.1) is 6.61 Å². The predicted octanol–water partition coefficient (Wildman–Crippen LogP) is 0.966. The average molecular weight is 244 g/mol. The molecule has 0 radical (unpaired) electrons. The van der Waals surface area contributed by atoms with E-state index in [2.05, 4.69) is 10.2 Å². The van der Waals surface area contributed by atoms with Gasteiger partial charge in [0.15, 0.2) is 0 Å². The maximum atomic E-state index is 11.6. The van der Waals surface area contributed by atoms with E-state index in [1.807, 2.05) is 27.7 Å². The topological polar surface area (TPSA) is 61.8 Å². The lowest BCUT2D eigenvalue weighted by molar-refractivity contribution is 0.0503. The molecule has 0 aromatic rings. The first-order valence-corrected chi connectivity index (χ1v) is 6.16. The average Bonchev–Trinajstić information content (AvgIpc) is 2.62. The zero-order valence-corrected chi connectivity index (χ0v) is 11.2. The number of aliphatic hydroxyl groups is 1. The van der Waals surface area contributed by atoms with Crippen LogP contribution in [0, 0.1) is 0 Å². The summed E-state index contributed by atoms with van der Waals surface area (Å²) in [7, 11) is 0. The molecule has 5 heteroatoms. The van der Waals surface area contributed by atoms with E-state index in [4.69, 9.17) is 9.84 Å². The zero-order valence-electron chi connectivity index (χ0n) is 11.2. The molecule has 100 valence electrons. The number of amides is 1. The second-order valence-electron chi connectivity index (χ2n) is 5.66. The van der Waals surface area contributed by atoms with Gasteiger partial charge in [0.1, 0.15) is 5.60 Å². The highest BCUT2D eigenvalue weighted by atomic mass is 16.6. The summed E-state index contributed by atoms with van der Waals surface area (Å²) in [5.41, 5.74) is -0.458. The minimum Gasteiger partial charge on any atom is -0.444 e. The van der Waals surface area contributed by atoms with Crippen molar-refractivity contribution in [3.63, 3.8) is 0 Å².